The minimum atomic E-state index is -1.04. The molecule has 3 aromatic rings. The summed E-state index contributed by atoms with van der Waals surface area (Å²) < 4.78 is 10.9. The number of amides is 1. The summed E-state index contributed by atoms with van der Waals surface area (Å²) in [7, 11) is 0. The third-order valence-corrected chi connectivity index (χ3v) is 5.62. The molecule has 0 spiro atoms. The van der Waals surface area contributed by atoms with Crippen LogP contribution in [0.4, 0.5) is 0 Å². The van der Waals surface area contributed by atoms with Crippen LogP contribution in [0.5, 0.6) is 0 Å². The minimum Gasteiger partial charge on any atom is -0.480 e. The van der Waals surface area contributed by atoms with Crippen molar-refractivity contribution in [2.45, 2.75) is 32.6 Å². The highest BCUT2D eigenvalue weighted by Gasteiger charge is 2.22. The van der Waals surface area contributed by atoms with Crippen molar-refractivity contribution in [3.63, 3.8) is 0 Å². The van der Waals surface area contributed by atoms with Gasteiger partial charge in [-0.15, -0.1) is 0 Å². The van der Waals surface area contributed by atoms with Crippen molar-refractivity contribution in [2.24, 2.45) is 0 Å². The summed E-state index contributed by atoms with van der Waals surface area (Å²) in [6.07, 6.45) is 5.21. The van der Waals surface area contributed by atoms with E-state index in [1.54, 1.807) is 24.0 Å². The Bertz CT molecular complexity index is 1050. The third kappa shape index (κ3) is 6.21. The normalized spacial score (nSPS) is 11.8. The number of aromatic nitrogens is 1. The van der Waals surface area contributed by atoms with Gasteiger partial charge in [0, 0.05) is 5.56 Å². The maximum atomic E-state index is 13.1. The quantitative estimate of drug-likeness (QED) is 0.445. The molecule has 0 aliphatic carbocycles. The second-order valence-corrected chi connectivity index (χ2v) is 8.29. The smallest absolute Gasteiger partial charge is 0.326 e. The lowest BCUT2D eigenvalue weighted by molar-refractivity contribution is -0.139. The summed E-state index contributed by atoms with van der Waals surface area (Å²) in [5.41, 5.74) is 3.96. The average Bonchev–Trinajstić information content (AvgIpc) is 3.30. The average molecular weight is 455 g/mol. The van der Waals surface area contributed by atoms with Gasteiger partial charge in [0.2, 0.25) is 0 Å². The van der Waals surface area contributed by atoms with Crippen molar-refractivity contribution < 1.29 is 23.8 Å². The van der Waals surface area contributed by atoms with Crippen LogP contribution < -0.4 is 5.32 Å². The third-order valence-electron chi connectivity index (χ3n) is 4.97. The number of carboxylic acid groups (broad SMARTS) is 1. The molecule has 3 rings (SSSR count). The van der Waals surface area contributed by atoms with Gasteiger partial charge in [-0.05, 0) is 59.7 Å². The largest absolute Gasteiger partial charge is 0.480 e. The van der Waals surface area contributed by atoms with Gasteiger partial charge >= 0.3 is 5.97 Å². The maximum absolute atomic E-state index is 13.1. The maximum Gasteiger partial charge on any atom is 0.326 e. The molecule has 7 nitrogen and oxygen atoms in total. The molecule has 0 unspecified atom stereocenters. The van der Waals surface area contributed by atoms with Gasteiger partial charge in [0.05, 0.1) is 12.8 Å². The lowest BCUT2D eigenvalue weighted by atomic mass is 9.93. The van der Waals surface area contributed by atoms with E-state index in [9.17, 15) is 14.7 Å². The number of nitrogens with one attached hydrogen (secondary N) is 1. The first-order valence-electron chi connectivity index (χ1n) is 10.2. The Labute approximate surface area is 191 Å². The van der Waals surface area contributed by atoms with Crippen LogP contribution in [0.3, 0.4) is 0 Å². The number of ether oxygens (including phenoxy) is 1. The lowest BCUT2D eigenvalue weighted by Crippen LogP contribution is -2.41. The van der Waals surface area contributed by atoms with Crippen molar-refractivity contribution in [3.05, 3.63) is 77.5 Å². The van der Waals surface area contributed by atoms with Crippen LogP contribution in [0.2, 0.25) is 0 Å². The molecule has 0 radical (unpaired) electrons. The number of thioether (sulfide) groups is 1. The Hall–Kier alpha value is -3.10. The summed E-state index contributed by atoms with van der Waals surface area (Å²) in [6.45, 7) is 2.59. The van der Waals surface area contributed by atoms with E-state index in [2.05, 4.69) is 10.3 Å². The highest BCUT2D eigenvalue weighted by molar-refractivity contribution is 7.98. The number of hydrogen-bond donors (Lipinski definition) is 2. The molecule has 1 amide bonds. The van der Waals surface area contributed by atoms with E-state index in [-0.39, 0.29) is 6.61 Å². The molecule has 2 aromatic carbocycles. The van der Waals surface area contributed by atoms with E-state index in [1.165, 1.54) is 6.39 Å². The fourth-order valence-electron chi connectivity index (χ4n) is 3.29. The Morgan fingerprint density at radius 1 is 1.19 bits per heavy atom. The minimum absolute atomic E-state index is 0.289. The van der Waals surface area contributed by atoms with Gasteiger partial charge in [-0.3, -0.25) is 4.79 Å². The first-order chi connectivity index (χ1) is 15.5. The van der Waals surface area contributed by atoms with Crippen molar-refractivity contribution >= 4 is 23.6 Å². The molecule has 0 fully saturated rings. The van der Waals surface area contributed by atoms with Gasteiger partial charge in [-0.1, -0.05) is 30.3 Å². The molecular formula is C24H26N2O5S. The van der Waals surface area contributed by atoms with E-state index in [0.717, 1.165) is 22.3 Å². The molecule has 0 saturated heterocycles. The van der Waals surface area contributed by atoms with Gasteiger partial charge in [0.25, 0.3) is 5.91 Å². The van der Waals surface area contributed by atoms with Crippen LogP contribution in [0.1, 0.15) is 33.7 Å². The molecule has 0 bridgehead atoms. The molecule has 0 aliphatic rings. The molecule has 8 heteroatoms. The number of carbonyl (C=O) groups excluding carboxylic acids is 1. The van der Waals surface area contributed by atoms with E-state index in [1.807, 2.05) is 49.6 Å². The van der Waals surface area contributed by atoms with Crippen LogP contribution in [-0.4, -0.2) is 40.0 Å². The van der Waals surface area contributed by atoms with Crippen molar-refractivity contribution in [2.75, 3.05) is 12.0 Å². The first kappa shape index (κ1) is 23.6. The molecule has 168 valence electrons. The van der Waals surface area contributed by atoms with Crippen LogP contribution in [0.25, 0.3) is 11.1 Å². The second-order valence-electron chi connectivity index (χ2n) is 7.30. The highest BCUT2D eigenvalue weighted by atomic mass is 32.2. The predicted octanol–water partition coefficient (Wildman–Crippen LogP) is 4.30. The van der Waals surface area contributed by atoms with Crippen molar-refractivity contribution in [3.8, 4) is 11.1 Å². The lowest BCUT2D eigenvalue weighted by Gasteiger charge is -2.17. The zero-order chi connectivity index (χ0) is 22.9. The Kier molecular flexibility index (Phi) is 8.47. The predicted molar refractivity (Wildman–Crippen MR) is 124 cm³/mol. The molecule has 1 heterocycles. The van der Waals surface area contributed by atoms with Crippen LogP contribution in [0.15, 0.2) is 59.5 Å². The van der Waals surface area contributed by atoms with Crippen molar-refractivity contribution in [1.29, 1.82) is 0 Å². The van der Waals surface area contributed by atoms with Crippen molar-refractivity contribution in [1.82, 2.24) is 10.3 Å². The van der Waals surface area contributed by atoms with Crippen LogP contribution in [0, 0.1) is 6.92 Å². The second kappa shape index (κ2) is 11.5. The van der Waals surface area contributed by atoms with Gasteiger partial charge < -0.3 is 19.6 Å². The molecule has 1 aromatic heterocycles. The first-order valence-corrected chi connectivity index (χ1v) is 11.6. The monoisotopic (exact) mass is 454 g/mol. The van der Waals surface area contributed by atoms with Gasteiger partial charge in [0.1, 0.15) is 18.4 Å². The Morgan fingerprint density at radius 3 is 2.69 bits per heavy atom. The van der Waals surface area contributed by atoms with E-state index in [0.29, 0.717) is 30.1 Å². The topological polar surface area (TPSA) is 102 Å². The van der Waals surface area contributed by atoms with Gasteiger partial charge in [0.15, 0.2) is 6.39 Å². The number of carbonyl (C=O) groups is 2. The van der Waals surface area contributed by atoms with E-state index >= 15 is 0 Å². The molecular weight excluding hydrogens is 428 g/mol. The van der Waals surface area contributed by atoms with Gasteiger partial charge in [-0.25, -0.2) is 9.78 Å². The number of benzene rings is 2. The zero-order valence-electron chi connectivity index (χ0n) is 18.0. The highest BCUT2D eigenvalue weighted by Crippen LogP contribution is 2.28. The fraction of sp³-hybridized carbons (Fsp3) is 0.292. The molecule has 0 aliphatic heterocycles. The van der Waals surface area contributed by atoms with Gasteiger partial charge in [-0.2, -0.15) is 11.8 Å². The Morgan fingerprint density at radius 2 is 2.00 bits per heavy atom. The Balaban J connectivity index is 1.86. The number of nitrogens with zero attached hydrogens (tertiary/aromatic N) is 1. The number of rotatable bonds is 11. The summed E-state index contributed by atoms with van der Waals surface area (Å²) in [5.74, 6) is -0.179. The standard InChI is InChI=1S/C24H26N2O5S/c1-16-5-3-4-6-19(16)21-11-17(13-30-14-18-12-25-15-31-18)7-8-20(21)23(27)26-22(24(28)29)9-10-32-2/h3-8,11-12,15,22H,9-10,13-14H2,1-2H3,(H,26,27)(H,28,29)/t22-/m0/s1. The summed E-state index contributed by atoms with van der Waals surface area (Å²) in [6, 6.07) is 12.3. The summed E-state index contributed by atoms with van der Waals surface area (Å²) in [4.78, 5) is 28.5. The fourth-order valence-corrected chi connectivity index (χ4v) is 3.76. The number of carboxylic acids is 1. The molecule has 32 heavy (non-hydrogen) atoms. The van der Waals surface area contributed by atoms with Crippen LogP contribution >= 0.6 is 11.8 Å². The molecule has 1 atom stereocenters. The number of oxazole rings is 1. The number of hydrogen-bond acceptors (Lipinski definition) is 6. The molecule has 2 N–H and O–H groups in total. The zero-order valence-corrected chi connectivity index (χ0v) is 18.9. The SMILES string of the molecule is CSCC[C@H](NC(=O)c1ccc(COCc2cnco2)cc1-c1ccccc1C)C(=O)O. The van der Waals surface area contributed by atoms with E-state index in [4.69, 9.17) is 9.15 Å². The van der Waals surface area contributed by atoms with Crippen LogP contribution in [-0.2, 0) is 22.7 Å². The number of aryl methyl sites for hydroxylation is 1. The number of aliphatic carboxylic acids is 1. The van der Waals surface area contributed by atoms with E-state index < -0.39 is 17.9 Å². The summed E-state index contributed by atoms with van der Waals surface area (Å²) in [5, 5.41) is 12.2. The summed E-state index contributed by atoms with van der Waals surface area (Å²) >= 11 is 1.54. The molecule has 0 saturated carbocycles.